The summed E-state index contributed by atoms with van der Waals surface area (Å²) in [5.74, 6) is 1.21. The van der Waals surface area contributed by atoms with Gasteiger partial charge < -0.3 is 0 Å². The normalized spacial score (nSPS) is 12.6. The van der Waals surface area contributed by atoms with E-state index in [1.165, 1.54) is 55.6 Å². The second-order valence-electron chi connectivity index (χ2n) is 11.9. The van der Waals surface area contributed by atoms with Crippen molar-refractivity contribution < 1.29 is 4.57 Å². The van der Waals surface area contributed by atoms with Crippen LogP contribution in [0.5, 0.6) is 0 Å². The number of aromatic nitrogens is 2. The van der Waals surface area contributed by atoms with Gasteiger partial charge in [0.1, 0.15) is 5.69 Å². The van der Waals surface area contributed by atoms with Gasteiger partial charge in [0.15, 0.2) is 11.0 Å². The van der Waals surface area contributed by atoms with Crippen LogP contribution in [-0.4, -0.2) is 4.57 Å². The molecule has 0 unspecified atom stereocenters. The summed E-state index contributed by atoms with van der Waals surface area (Å²) in [5, 5.41) is 2.52. The molecule has 5 rings (SSSR count). The molecule has 178 valence electrons. The molecule has 1 heterocycles. The van der Waals surface area contributed by atoms with E-state index in [9.17, 15) is 0 Å². The van der Waals surface area contributed by atoms with Crippen molar-refractivity contribution in [2.45, 2.75) is 59.3 Å². The Kier molecular flexibility index (Phi) is 5.40. The predicted molar refractivity (Wildman–Crippen MR) is 150 cm³/mol. The van der Waals surface area contributed by atoms with Crippen LogP contribution in [0.4, 0.5) is 0 Å². The van der Waals surface area contributed by atoms with Gasteiger partial charge >= 0.3 is 0 Å². The second-order valence-corrected chi connectivity index (χ2v) is 11.9. The summed E-state index contributed by atoms with van der Waals surface area (Å²) >= 11 is 0. The fourth-order valence-electron chi connectivity index (χ4n) is 5.11. The molecule has 0 atom stereocenters. The van der Waals surface area contributed by atoms with E-state index >= 15 is 0 Å². The van der Waals surface area contributed by atoms with Gasteiger partial charge in [-0.05, 0) is 64.1 Å². The molecule has 2 nitrogen and oxygen atoms in total. The van der Waals surface area contributed by atoms with Crippen LogP contribution in [-0.2, 0) is 17.9 Å². The van der Waals surface area contributed by atoms with Crippen molar-refractivity contribution in [1.29, 1.82) is 0 Å². The van der Waals surface area contributed by atoms with Crippen molar-refractivity contribution in [3.8, 4) is 17.1 Å². The molecule has 0 aliphatic rings. The molecule has 0 fully saturated rings. The standard InChI is InChI=1S/C33H37N2/c1-22-16-17-24(32(2,3)4)20-27(22)31-34(8)29-19-18-25(33(5,6)7)21-30(29)35(31)28-15-11-13-23-12-9-10-14-26(23)28/h9-21H,1-8H3/q+1. The number of hydrogen-bond acceptors (Lipinski definition) is 0. The SMILES string of the molecule is Cc1ccc(C(C)(C)C)cc1-c1n(-c2cccc3ccccc23)c2cc(C(C)(C)C)ccc2[n+]1C. The Morgan fingerprint density at radius 3 is 2.03 bits per heavy atom. The van der Waals surface area contributed by atoms with Crippen molar-refractivity contribution in [2.75, 3.05) is 0 Å². The highest BCUT2D eigenvalue weighted by atomic mass is 15.2. The first kappa shape index (κ1) is 23.4. The number of nitrogens with zero attached hydrogens (tertiary/aromatic N) is 2. The molecule has 0 spiro atoms. The van der Waals surface area contributed by atoms with E-state index < -0.39 is 0 Å². The van der Waals surface area contributed by atoms with Gasteiger partial charge in [-0.15, -0.1) is 0 Å². The van der Waals surface area contributed by atoms with Crippen LogP contribution in [0.25, 0.3) is 38.9 Å². The Morgan fingerprint density at radius 1 is 0.686 bits per heavy atom. The molecule has 0 saturated heterocycles. The third-order valence-electron chi connectivity index (χ3n) is 7.33. The molecular formula is C33H37N2+. The molecule has 0 amide bonds. The van der Waals surface area contributed by atoms with Crippen molar-refractivity contribution in [1.82, 2.24) is 4.57 Å². The lowest BCUT2D eigenvalue weighted by Crippen LogP contribution is -2.30. The van der Waals surface area contributed by atoms with Gasteiger partial charge in [0.2, 0.25) is 0 Å². The molecule has 0 N–H and O–H groups in total. The van der Waals surface area contributed by atoms with Crippen LogP contribution < -0.4 is 4.57 Å². The highest BCUT2D eigenvalue weighted by Crippen LogP contribution is 2.36. The van der Waals surface area contributed by atoms with Crippen LogP contribution in [0, 0.1) is 6.92 Å². The molecule has 35 heavy (non-hydrogen) atoms. The van der Waals surface area contributed by atoms with Gasteiger partial charge in [0.05, 0.1) is 12.6 Å². The number of fused-ring (bicyclic) bond motifs is 2. The summed E-state index contributed by atoms with van der Waals surface area (Å²) in [5.41, 5.74) is 9.11. The molecule has 4 aromatic carbocycles. The number of aryl methyl sites for hydroxylation is 2. The second kappa shape index (κ2) is 8.09. The third-order valence-corrected chi connectivity index (χ3v) is 7.33. The minimum Gasteiger partial charge on any atom is -0.225 e. The molecular weight excluding hydrogens is 424 g/mol. The van der Waals surface area contributed by atoms with Crippen LogP contribution in [0.1, 0.15) is 58.2 Å². The maximum Gasteiger partial charge on any atom is 0.295 e. The largest absolute Gasteiger partial charge is 0.295 e. The van der Waals surface area contributed by atoms with Crippen LogP contribution in [0.3, 0.4) is 0 Å². The fourth-order valence-corrected chi connectivity index (χ4v) is 5.11. The average Bonchev–Trinajstić information content (AvgIpc) is 3.09. The van der Waals surface area contributed by atoms with Gasteiger partial charge in [-0.3, -0.25) is 0 Å². The van der Waals surface area contributed by atoms with E-state index in [4.69, 9.17) is 0 Å². The maximum absolute atomic E-state index is 2.49. The lowest BCUT2D eigenvalue weighted by atomic mass is 9.85. The Balaban J connectivity index is 1.96. The van der Waals surface area contributed by atoms with Gasteiger partial charge in [-0.25, -0.2) is 4.57 Å². The summed E-state index contributed by atoms with van der Waals surface area (Å²) in [6.07, 6.45) is 0. The Hall–Kier alpha value is -3.39. The van der Waals surface area contributed by atoms with E-state index in [0.29, 0.717) is 0 Å². The van der Waals surface area contributed by atoms with Gasteiger partial charge in [-0.2, -0.15) is 4.57 Å². The quantitative estimate of drug-likeness (QED) is 0.234. The van der Waals surface area contributed by atoms with Gasteiger partial charge in [0, 0.05) is 5.39 Å². The summed E-state index contributed by atoms with van der Waals surface area (Å²) < 4.78 is 4.86. The summed E-state index contributed by atoms with van der Waals surface area (Å²) in [4.78, 5) is 0. The molecule has 0 aliphatic carbocycles. The highest BCUT2D eigenvalue weighted by molar-refractivity contribution is 5.93. The smallest absolute Gasteiger partial charge is 0.225 e. The first-order valence-electron chi connectivity index (χ1n) is 12.6. The minimum atomic E-state index is 0.0723. The number of benzene rings is 4. The van der Waals surface area contributed by atoms with Crippen LogP contribution >= 0.6 is 0 Å². The van der Waals surface area contributed by atoms with E-state index in [1.54, 1.807) is 0 Å². The zero-order valence-corrected chi connectivity index (χ0v) is 22.4. The zero-order valence-electron chi connectivity index (χ0n) is 22.4. The molecule has 0 bridgehead atoms. The van der Waals surface area contributed by atoms with Gasteiger partial charge in [0.25, 0.3) is 5.82 Å². The Labute approximate surface area is 209 Å². The summed E-state index contributed by atoms with van der Waals surface area (Å²) in [6.45, 7) is 16.0. The first-order valence-corrected chi connectivity index (χ1v) is 12.6. The predicted octanol–water partition coefficient (Wildman–Crippen LogP) is 8.18. The van der Waals surface area contributed by atoms with E-state index in [1.807, 2.05) is 0 Å². The lowest BCUT2D eigenvalue weighted by molar-refractivity contribution is -0.633. The Bertz CT molecular complexity index is 1560. The third kappa shape index (κ3) is 3.95. The van der Waals surface area contributed by atoms with Crippen molar-refractivity contribution in [3.05, 3.63) is 95.6 Å². The van der Waals surface area contributed by atoms with E-state index in [-0.39, 0.29) is 10.8 Å². The van der Waals surface area contributed by atoms with Crippen molar-refractivity contribution in [3.63, 3.8) is 0 Å². The zero-order chi connectivity index (χ0) is 25.1. The number of imidazole rings is 1. The number of hydrogen-bond donors (Lipinski definition) is 0. The average molecular weight is 462 g/mol. The van der Waals surface area contributed by atoms with Crippen LogP contribution in [0.15, 0.2) is 78.9 Å². The summed E-state index contributed by atoms with van der Waals surface area (Å²) in [7, 11) is 2.21. The first-order chi connectivity index (χ1) is 16.5. The van der Waals surface area contributed by atoms with Crippen molar-refractivity contribution >= 4 is 21.8 Å². The molecule has 5 aromatic rings. The van der Waals surface area contributed by atoms with Gasteiger partial charge in [-0.1, -0.05) is 96.1 Å². The minimum absolute atomic E-state index is 0.0723. The monoisotopic (exact) mass is 461 g/mol. The Morgan fingerprint density at radius 2 is 1.31 bits per heavy atom. The van der Waals surface area contributed by atoms with Crippen LogP contribution in [0.2, 0.25) is 0 Å². The number of rotatable bonds is 2. The maximum atomic E-state index is 2.49. The molecule has 2 heteroatoms. The molecule has 0 saturated carbocycles. The van der Waals surface area contributed by atoms with E-state index in [2.05, 4.69) is 144 Å². The molecule has 0 radical (unpaired) electrons. The fraction of sp³-hybridized carbons (Fsp3) is 0.303. The van der Waals surface area contributed by atoms with E-state index in [0.717, 1.165) is 0 Å². The van der Waals surface area contributed by atoms with Crippen molar-refractivity contribution in [2.24, 2.45) is 7.05 Å². The topological polar surface area (TPSA) is 8.81 Å². The molecule has 1 aromatic heterocycles. The molecule has 0 aliphatic heterocycles. The lowest BCUT2D eigenvalue weighted by Gasteiger charge is -2.20. The summed E-state index contributed by atoms with van der Waals surface area (Å²) in [6, 6.07) is 29.3. The highest BCUT2D eigenvalue weighted by Gasteiger charge is 2.30.